The number of nitrogens with zero attached hydrogens (tertiary/aromatic N) is 1. The van der Waals surface area contributed by atoms with E-state index in [-0.39, 0.29) is 0 Å². The number of nitrogens with one attached hydrogen (secondary N) is 1. The molecular weight excluding hydrogens is 232 g/mol. The van der Waals surface area contributed by atoms with Crippen molar-refractivity contribution >= 4 is 0 Å². The van der Waals surface area contributed by atoms with Crippen LogP contribution in [0.3, 0.4) is 0 Å². The third-order valence-electron chi connectivity index (χ3n) is 5.78. The summed E-state index contributed by atoms with van der Waals surface area (Å²) in [6, 6.07) is 1.48. The monoisotopic (exact) mass is 266 g/mol. The lowest BCUT2D eigenvalue weighted by atomic mass is 9.81. The van der Waals surface area contributed by atoms with Crippen molar-refractivity contribution in [2.75, 3.05) is 13.1 Å². The standard InChI is InChI=1S/C17H34N2/c1-5-15-12-18-16(14-10-8-7-9-11-14)13-19(15)17(3,4)6-2/h14-16,18H,5-13H2,1-4H3. The highest BCUT2D eigenvalue weighted by Gasteiger charge is 2.37. The Hall–Kier alpha value is -0.0800. The lowest BCUT2D eigenvalue weighted by Gasteiger charge is -2.50. The fourth-order valence-electron chi connectivity index (χ4n) is 3.98. The van der Waals surface area contributed by atoms with Crippen molar-refractivity contribution in [2.24, 2.45) is 5.92 Å². The van der Waals surface area contributed by atoms with Gasteiger partial charge in [0.25, 0.3) is 0 Å². The number of piperazine rings is 1. The smallest absolute Gasteiger partial charge is 0.0224 e. The highest BCUT2D eigenvalue weighted by molar-refractivity contribution is 4.95. The van der Waals surface area contributed by atoms with Gasteiger partial charge in [-0.25, -0.2) is 0 Å². The van der Waals surface area contributed by atoms with Crippen LogP contribution in [0.5, 0.6) is 0 Å². The van der Waals surface area contributed by atoms with Crippen LogP contribution >= 0.6 is 0 Å². The Kier molecular flexibility index (Phi) is 5.30. The van der Waals surface area contributed by atoms with Gasteiger partial charge in [0.2, 0.25) is 0 Å². The molecule has 19 heavy (non-hydrogen) atoms. The van der Waals surface area contributed by atoms with Gasteiger partial charge in [0.1, 0.15) is 0 Å². The van der Waals surface area contributed by atoms with Crippen LogP contribution in [0.1, 0.15) is 72.6 Å². The molecule has 0 aromatic rings. The summed E-state index contributed by atoms with van der Waals surface area (Å²) in [6.07, 6.45) is 9.80. The molecule has 1 saturated heterocycles. The van der Waals surface area contributed by atoms with Gasteiger partial charge >= 0.3 is 0 Å². The molecule has 1 saturated carbocycles. The summed E-state index contributed by atoms with van der Waals surface area (Å²) in [6.45, 7) is 12.0. The Morgan fingerprint density at radius 3 is 2.37 bits per heavy atom. The second-order valence-corrected chi connectivity index (χ2v) is 7.29. The topological polar surface area (TPSA) is 15.3 Å². The zero-order chi connectivity index (χ0) is 13.9. The lowest BCUT2D eigenvalue weighted by molar-refractivity contribution is 0.0112. The molecule has 0 aromatic heterocycles. The second kappa shape index (κ2) is 6.58. The van der Waals surface area contributed by atoms with E-state index in [1.54, 1.807) is 0 Å². The van der Waals surface area contributed by atoms with Gasteiger partial charge in [-0.2, -0.15) is 0 Å². The molecule has 2 heteroatoms. The Labute approximate surface area is 120 Å². The summed E-state index contributed by atoms with van der Waals surface area (Å²) in [5.74, 6) is 0.932. The van der Waals surface area contributed by atoms with Crippen LogP contribution in [0.25, 0.3) is 0 Å². The second-order valence-electron chi connectivity index (χ2n) is 7.29. The van der Waals surface area contributed by atoms with E-state index in [2.05, 4.69) is 37.9 Å². The van der Waals surface area contributed by atoms with Crippen LogP contribution in [0.2, 0.25) is 0 Å². The van der Waals surface area contributed by atoms with Gasteiger partial charge in [0, 0.05) is 30.7 Å². The van der Waals surface area contributed by atoms with Crippen LogP contribution in [0.4, 0.5) is 0 Å². The maximum Gasteiger partial charge on any atom is 0.0224 e. The molecule has 2 atom stereocenters. The average molecular weight is 266 g/mol. The normalized spacial score (nSPS) is 31.6. The molecule has 0 spiro atoms. The molecule has 1 heterocycles. The molecule has 0 bridgehead atoms. The van der Waals surface area contributed by atoms with Gasteiger partial charge in [0.15, 0.2) is 0 Å². The van der Waals surface area contributed by atoms with Crippen molar-refractivity contribution < 1.29 is 0 Å². The molecule has 0 aromatic carbocycles. The molecule has 2 nitrogen and oxygen atoms in total. The Bertz CT molecular complexity index is 268. The predicted molar refractivity (Wildman–Crippen MR) is 83.5 cm³/mol. The van der Waals surface area contributed by atoms with Crippen LogP contribution < -0.4 is 5.32 Å². The summed E-state index contributed by atoms with van der Waals surface area (Å²) >= 11 is 0. The van der Waals surface area contributed by atoms with Gasteiger partial charge in [-0.3, -0.25) is 4.90 Å². The zero-order valence-corrected chi connectivity index (χ0v) is 13.5. The molecule has 0 radical (unpaired) electrons. The summed E-state index contributed by atoms with van der Waals surface area (Å²) in [4.78, 5) is 2.81. The largest absolute Gasteiger partial charge is 0.311 e. The highest BCUT2D eigenvalue weighted by atomic mass is 15.3. The summed E-state index contributed by atoms with van der Waals surface area (Å²) in [5, 5.41) is 3.87. The average Bonchev–Trinajstić information content (AvgIpc) is 2.47. The first kappa shape index (κ1) is 15.3. The van der Waals surface area contributed by atoms with E-state index >= 15 is 0 Å². The third-order valence-corrected chi connectivity index (χ3v) is 5.78. The van der Waals surface area contributed by atoms with Crippen molar-refractivity contribution in [1.29, 1.82) is 0 Å². The number of hydrogen-bond donors (Lipinski definition) is 1. The van der Waals surface area contributed by atoms with Crippen molar-refractivity contribution in [1.82, 2.24) is 10.2 Å². The molecule has 1 aliphatic heterocycles. The minimum absolute atomic E-state index is 0.357. The van der Waals surface area contributed by atoms with Crippen LogP contribution in [-0.4, -0.2) is 35.6 Å². The maximum atomic E-state index is 3.87. The molecule has 2 unspecified atom stereocenters. The summed E-state index contributed by atoms with van der Waals surface area (Å²) in [5.41, 5.74) is 0.357. The van der Waals surface area contributed by atoms with Gasteiger partial charge in [0.05, 0.1) is 0 Å². The molecule has 2 fully saturated rings. The van der Waals surface area contributed by atoms with Gasteiger partial charge in [-0.15, -0.1) is 0 Å². The molecule has 112 valence electrons. The zero-order valence-electron chi connectivity index (χ0n) is 13.5. The van der Waals surface area contributed by atoms with Gasteiger partial charge in [-0.1, -0.05) is 33.1 Å². The van der Waals surface area contributed by atoms with E-state index in [0.717, 1.165) is 18.0 Å². The van der Waals surface area contributed by atoms with E-state index in [9.17, 15) is 0 Å². The minimum atomic E-state index is 0.357. The van der Waals surface area contributed by atoms with E-state index in [0.29, 0.717) is 5.54 Å². The number of hydrogen-bond acceptors (Lipinski definition) is 2. The van der Waals surface area contributed by atoms with Crippen molar-refractivity contribution in [2.45, 2.75) is 90.3 Å². The van der Waals surface area contributed by atoms with Crippen LogP contribution in [0, 0.1) is 5.92 Å². The van der Waals surface area contributed by atoms with E-state index < -0.39 is 0 Å². The van der Waals surface area contributed by atoms with Crippen molar-refractivity contribution in [3.8, 4) is 0 Å². The molecule has 2 aliphatic rings. The minimum Gasteiger partial charge on any atom is -0.311 e. The third kappa shape index (κ3) is 3.52. The van der Waals surface area contributed by atoms with Gasteiger partial charge in [-0.05, 0) is 45.4 Å². The molecular formula is C17H34N2. The molecule has 2 rings (SSSR count). The fourth-order valence-corrected chi connectivity index (χ4v) is 3.98. The highest BCUT2D eigenvalue weighted by Crippen LogP contribution is 2.32. The van der Waals surface area contributed by atoms with E-state index in [4.69, 9.17) is 0 Å². The van der Waals surface area contributed by atoms with Crippen molar-refractivity contribution in [3.05, 3.63) is 0 Å². The molecule has 1 aliphatic carbocycles. The summed E-state index contributed by atoms with van der Waals surface area (Å²) in [7, 11) is 0. The lowest BCUT2D eigenvalue weighted by Crippen LogP contribution is -2.64. The van der Waals surface area contributed by atoms with Crippen LogP contribution in [0.15, 0.2) is 0 Å². The first-order valence-corrected chi connectivity index (χ1v) is 8.58. The Morgan fingerprint density at radius 2 is 1.79 bits per heavy atom. The Morgan fingerprint density at radius 1 is 1.11 bits per heavy atom. The SMILES string of the molecule is CCC1CNC(C2CCCCC2)CN1C(C)(C)CC. The van der Waals surface area contributed by atoms with Crippen molar-refractivity contribution in [3.63, 3.8) is 0 Å². The number of rotatable bonds is 4. The van der Waals surface area contributed by atoms with E-state index in [1.807, 2.05) is 0 Å². The molecule has 1 N–H and O–H groups in total. The fraction of sp³-hybridized carbons (Fsp3) is 1.00. The first-order chi connectivity index (χ1) is 9.08. The maximum absolute atomic E-state index is 3.87. The van der Waals surface area contributed by atoms with Crippen LogP contribution in [-0.2, 0) is 0 Å². The van der Waals surface area contributed by atoms with E-state index in [1.165, 1.54) is 58.0 Å². The Balaban J connectivity index is 2.02. The molecule has 0 amide bonds. The quantitative estimate of drug-likeness (QED) is 0.832. The van der Waals surface area contributed by atoms with Gasteiger partial charge < -0.3 is 5.32 Å². The predicted octanol–water partition coefficient (Wildman–Crippen LogP) is 3.81. The first-order valence-electron chi connectivity index (χ1n) is 8.58. The summed E-state index contributed by atoms with van der Waals surface area (Å²) < 4.78 is 0.